The van der Waals surface area contributed by atoms with Crippen LogP contribution in [0.2, 0.25) is 0 Å². The van der Waals surface area contributed by atoms with Crippen LogP contribution in [0.4, 0.5) is 0 Å². The molecule has 4 bridgehead atoms. The number of nitrogens with two attached hydrogens (primary N) is 1. The maximum atomic E-state index is 12.7. The van der Waals surface area contributed by atoms with Gasteiger partial charge in [0.25, 0.3) is 0 Å². The van der Waals surface area contributed by atoms with Crippen molar-refractivity contribution >= 4 is 66.6 Å². The number of pyridine rings is 2. The Hall–Kier alpha value is -3.64. The number of hydrogen-bond donors (Lipinski definition) is 4. The molecular weight excluding hydrogens is 730 g/mol. The van der Waals surface area contributed by atoms with Gasteiger partial charge >= 0.3 is 0 Å². The van der Waals surface area contributed by atoms with Crippen LogP contribution in [0.25, 0.3) is 44.1 Å². The maximum absolute atomic E-state index is 12.7. The van der Waals surface area contributed by atoms with Gasteiger partial charge in [0, 0.05) is 74.6 Å². The van der Waals surface area contributed by atoms with Crippen LogP contribution in [0.1, 0.15) is 53.4 Å². The second kappa shape index (κ2) is 13.2. The number of nitrogens with one attached hydrogen (secondary N) is 3. The molecule has 8 fully saturated rings. The van der Waals surface area contributed by atoms with Crippen molar-refractivity contribution in [2.75, 3.05) is 46.2 Å². The van der Waals surface area contributed by atoms with Crippen LogP contribution in [-0.4, -0.2) is 116 Å². The van der Waals surface area contributed by atoms with Crippen molar-refractivity contribution in [1.82, 2.24) is 48.7 Å². The van der Waals surface area contributed by atoms with Crippen LogP contribution in [0.5, 0.6) is 0 Å². The van der Waals surface area contributed by atoms with Crippen molar-refractivity contribution in [1.29, 1.82) is 0 Å². The molecule has 0 spiro atoms. The number of aromatic amines is 2. The highest BCUT2D eigenvalue weighted by Gasteiger charge is 2.70. The summed E-state index contributed by atoms with van der Waals surface area (Å²) in [6.45, 7) is 3.06. The lowest BCUT2D eigenvalue weighted by molar-refractivity contribution is -0.169. The number of sulfonamides is 1. The van der Waals surface area contributed by atoms with Gasteiger partial charge in [-0.15, -0.1) is 12.4 Å². The Morgan fingerprint density at radius 2 is 1.26 bits per heavy atom. The molecule has 6 aromatic rings. The standard InChI is InChI=1S/C18H21N5O3S.C13H13N5.C4H9NO.2CH4.ClH/c1-26-12-5-22(6-12)27(24,25)10-17-7-18(8-17,9-17)23-11-21-14-4-20-16-13(15(14)23)2-3-19-16;14-12-4-13(5-12,6-12)18-7-17-9-3-16-11-8(10(9)18)1-2-15-11;1-6-4-2-5-3-4;;;/h2-4,11-12H,5-10H2,1H3,(H,19,20);1-3,7H,4-6,14H2,(H,15,16);4-5H,2-3H2,1H3;2*1H4;1H. The molecule has 17 heteroatoms. The summed E-state index contributed by atoms with van der Waals surface area (Å²) in [5, 5.41) is 5.31. The van der Waals surface area contributed by atoms with Gasteiger partial charge in [-0.05, 0) is 56.1 Å². The first-order valence-corrected chi connectivity index (χ1v) is 19.3. The molecule has 8 aliphatic rings. The quantitative estimate of drug-likeness (QED) is 0.182. The molecule has 0 amide bonds. The second-order valence-electron chi connectivity index (χ2n) is 16.0. The van der Waals surface area contributed by atoms with Crippen LogP contribution in [0, 0.1) is 5.41 Å². The Bertz CT molecular complexity index is 2380. The molecule has 54 heavy (non-hydrogen) atoms. The van der Waals surface area contributed by atoms with Gasteiger partial charge in [0.05, 0.1) is 59.6 Å². The minimum atomic E-state index is -3.20. The number of fused-ring (bicyclic) bond motifs is 6. The fourth-order valence-electron chi connectivity index (χ4n) is 9.83. The summed E-state index contributed by atoms with van der Waals surface area (Å²) in [7, 11) is 0.175. The number of halogens is 1. The molecule has 0 atom stereocenters. The third-order valence-electron chi connectivity index (χ3n) is 12.5. The van der Waals surface area contributed by atoms with Gasteiger partial charge in [0.1, 0.15) is 22.3 Å². The monoisotopic (exact) mass is 781 g/mol. The summed E-state index contributed by atoms with van der Waals surface area (Å²) < 4.78 is 41.7. The lowest BCUT2D eigenvalue weighted by Gasteiger charge is -2.71. The maximum Gasteiger partial charge on any atom is 0.214 e. The Kier molecular flexibility index (Phi) is 9.47. The van der Waals surface area contributed by atoms with Crippen molar-refractivity contribution in [2.24, 2.45) is 11.1 Å². The van der Waals surface area contributed by atoms with Crippen LogP contribution in [-0.2, 0) is 30.6 Å². The van der Waals surface area contributed by atoms with Crippen LogP contribution >= 0.6 is 12.4 Å². The average Bonchev–Trinajstić information content (AvgIpc) is 3.80. The normalized spacial score (nSPS) is 29.3. The van der Waals surface area contributed by atoms with E-state index in [0.717, 1.165) is 90.2 Å². The fourth-order valence-corrected chi connectivity index (χ4v) is 11.9. The summed E-state index contributed by atoms with van der Waals surface area (Å²) in [5.74, 6) is 0.256. The number of aromatic nitrogens is 8. The van der Waals surface area contributed by atoms with E-state index in [0.29, 0.717) is 19.2 Å². The Balaban J connectivity index is 0.000000144. The van der Waals surface area contributed by atoms with Crippen molar-refractivity contribution in [2.45, 2.75) is 82.2 Å². The van der Waals surface area contributed by atoms with Crippen molar-refractivity contribution in [3.8, 4) is 0 Å². The SMILES string of the molecule is C.C.COC1CN(S(=O)(=O)CC23CC(n4cnc5cnc6[nH]ccc6c54)(C2)C3)C1.COC1CNC1.Cl.NC12CC(n3cnc4cnc5[nH]ccc5c43)(C1)C2. The van der Waals surface area contributed by atoms with Gasteiger partial charge in [-0.2, -0.15) is 4.31 Å². The predicted molar refractivity (Wildman–Crippen MR) is 212 cm³/mol. The first-order chi connectivity index (χ1) is 24.6. The molecule has 6 aromatic heterocycles. The lowest BCUT2D eigenvalue weighted by atomic mass is 9.40. The molecule has 14 rings (SSSR count). The number of ether oxygens (including phenoxy) is 2. The number of hydrogen-bond acceptors (Lipinski definition) is 10. The minimum absolute atomic E-state index is 0. The Labute approximate surface area is 321 Å². The highest BCUT2D eigenvalue weighted by Crippen LogP contribution is 2.72. The van der Waals surface area contributed by atoms with E-state index in [2.05, 4.69) is 50.4 Å². The first kappa shape index (κ1) is 38.6. The molecular formula is C37H52ClN11O4S. The van der Waals surface area contributed by atoms with E-state index in [1.54, 1.807) is 24.7 Å². The highest BCUT2D eigenvalue weighted by molar-refractivity contribution is 7.89. The van der Waals surface area contributed by atoms with Crippen LogP contribution in [0.15, 0.2) is 49.6 Å². The lowest BCUT2D eigenvalue weighted by Crippen LogP contribution is -2.76. The van der Waals surface area contributed by atoms with Gasteiger partial charge in [-0.1, -0.05) is 14.9 Å². The molecule has 0 unspecified atom stereocenters. The van der Waals surface area contributed by atoms with Gasteiger partial charge < -0.3 is 39.6 Å². The van der Waals surface area contributed by atoms with Crippen LogP contribution in [0.3, 0.4) is 0 Å². The number of nitrogens with zero attached hydrogens (tertiary/aromatic N) is 7. The third-order valence-corrected chi connectivity index (χ3v) is 14.5. The summed E-state index contributed by atoms with van der Waals surface area (Å²) >= 11 is 0. The zero-order valence-electron chi connectivity index (χ0n) is 29.2. The van der Waals surface area contributed by atoms with Gasteiger partial charge in [0.15, 0.2) is 0 Å². The smallest absolute Gasteiger partial charge is 0.214 e. The minimum Gasteiger partial charge on any atom is -0.379 e. The van der Waals surface area contributed by atoms with Gasteiger partial charge in [-0.25, -0.2) is 28.4 Å². The van der Waals surface area contributed by atoms with E-state index < -0.39 is 10.0 Å². The number of imidazole rings is 2. The predicted octanol–water partition coefficient (Wildman–Crippen LogP) is 4.25. The highest BCUT2D eigenvalue weighted by atomic mass is 35.5. The van der Waals surface area contributed by atoms with Gasteiger partial charge in [-0.3, -0.25) is 0 Å². The summed E-state index contributed by atoms with van der Waals surface area (Å²) in [6, 6.07) is 4.11. The van der Waals surface area contributed by atoms with E-state index >= 15 is 0 Å². The number of methoxy groups -OCH3 is 2. The topological polar surface area (TPSA) is 187 Å². The summed E-state index contributed by atoms with van der Waals surface area (Å²) in [5.41, 5.74) is 12.4. The number of rotatable bonds is 7. The Morgan fingerprint density at radius 1 is 0.778 bits per heavy atom. The van der Waals surface area contributed by atoms with E-state index in [1.807, 2.05) is 37.3 Å². The third kappa shape index (κ3) is 5.67. The molecule has 292 valence electrons. The van der Waals surface area contributed by atoms with Crippen molar-refractivity contribution in [3.05, 3.63) is 49.6 Å². The molecule has 6 aliphatic carbocycles. The molecule has 15 nitrogen and oxygen atoms in total. The Morgan fingerprint density at radius 3 is 1.67 bits per heavy atom. The second-order valence-corrected chi connectivity index (χ2v) is 18.0. The molecule has 5 N–H and O–H groups in total. The van der Waals surface area contributed by atoms with E-state index in [1.165, 1.54) is 5.52 Å². The largest absolute Gasteiger partial charge is 0.379 e. The zero-order chi connectivity index (χ0) is 34.8. The fraction of sp³-hybridized carbons (Fsp3) is 0.568. The van der Waals surface area contributed by atoms with Crippen molar-refractivity contribution < 1.29 is 17.9 Å². The zero-order valence-corrected chi connectivity index (χ0v) is 30.8. The average molecular weight is 782 g/mol. The van der Waals surface area contributed by atoms with E-state index in [4.69, 9.17) is 15.2 Å². The summed E-state index contributed by atoms with van der Waals surface area (Å²) in [4.78, 5) is 24.1. The van der Waals surface area contributed by atoms with Crippen LogP contribution < -0.4 is 11.1 Å². The van der Waals surface area contributed by atoms with E-state index in [9.17, 15) is 8.42 Å². The first-order valence-electron chi connectivity index (χ1n) is 17.7. The molecule has 8 heterocycles. The summed E-state index contributed by atoms with van der Waals surface area (Å²) in [6.07, 6.45) is 17.8. The molecule has 0 radical (unpaired) electrons. The van der Waals surface area contributed by atoms with Gasteiger partial charge in [0.2, 0.25) is 10.0 Å². The molecule has 0 aromatic carbocycles. The number of H-pyrrole nitrogens is 2. The molecule has 6 saturated carbocycles. The molecule has 2 saturated heterocycles. The van der Waals surface area contributed by atoms with Crippen molar-refractivity contribution in [3.63, 3.8) is 0 Å². The molecule has 2 aliphatic heterocycles. The van der Waals surface area contributed by atoms with E-state index in [-0.39, 0.29) is 61.1 Å².